The molecule has 128 valence electrons. The van der Waals surface area contributed by atoms with Gasteiger partial charge in [-0.1, -0.05) is 54.6 Å². The molecule has 0 saturated carbocycles. The van der Waals surface area contributed by atoms with Crippen LogP contribution in [-0.2, 0) is 18.0 Å². The number of nitrogens with zero attached hydrogens (tertiary/aromatic N) is 3. The molecule has 0 radical (unpaired) electrons. The zero-order chi connectivity index (χ0) is 17.8. The molecule has 0 saturated heterocycles. The lowest BCUT2D eigenvalue weighted by Crippen LogP contribution is -2.02. The molecular weight excluding hydrogens is 322 g/mol. The average molecular weight is 341 g/mol. The van der Waals surface area contributed by atoms with E-state index in [9.17, 15) is 0 Å². The van der Waals surface area contributed by atoms with E-state index in [0.717, 1.165) is 33.4 Å². The van der Waals surface area contributed by atoms with E-state index in [4.69, 9.17) is 9.72 Å². The number of aromatic nitrogens is 3. The van der Waals surface area contributed by atoms with Crippen LogP contribution in [0.15, 0.2) is 72.9 Å². The highest BCUT2D eigenvalue weighted by Crippen LogP contribution is 2.19. The molecule has 26 heavy (non-hydrogen) atoms. The van der Waals surface area contributed by atoms with Crippen molar-refractivity contribution in [3.05, 3.63) is 89.7 Å². The van der Waals surface area contributed by atoms with E-state index >= 15 is 0 Å². The Bertz CT molecular complexity index is 1030. The molecule has 0 spiro atoms. The minimum atomic E-state index is 0.460. The van der Waals surface area contributed by atoms with Gasteiger partial charge in [-0.15, -0.1) is 0 Å². The second-order valence-corrected chi connectivity index (χ2v) is 6.19. The van der Waals surface area contributed by atoms with Crippen LogP contribution in [0.25, 0.3) is 22.4 Å². The van der Waals surface area contributed by atoms with Crippen molar-refractivity contribution in [2.45, 2.75) is 20.1 Å². The minimum absolute atomic E-state index is 0.460. The summed E-state index contributed by atoms with van der Waals surface area (Å²) in [6, 6.07) is 22.1. The summed E-state index contributed by atoms with van der Waals surface area (Å²) in [6.45, 7) is 3.07. The van der Waals surface area contributed by atoms with Gasteiger partial charge in [-0.25, -0.2) is 15.0 Å². The third-order valence-electron chi connectivity index (χ3n) is 4.27. The summed E-state index contributed by atoms with van der Waals surface area (Å²) in [5.41, 5.74) is 4.85. The van der Waals surface area contributed by atoms with Gasteiger partial charge in [0, 0.05) is 11.6 Å². The van der Waals surface area contributed by atoms with Crippen LogP contribution in [0.3, 0.4) is 0 Å². The third-order valence-corrected chi connectivity index (χ3v) is 4.27. The smallest absolute Gasteiger partial charge is 0.178 e. The Morgan fingerprint density at radius 3 is 2.50 bits per heavy atom. The SMILES string of the molecule is Cc1ccc(-c2ncc3ccccc3n2)nc1COCc1ccccc1. The zero-order valence-electron chi connectivity index (χ0n) is 14.6. The summed E-state index contributed by atoms with van der Waals surface area (Å²) in [5.74, 6) is 0.632. The Kier molecular flexibility index (Phi) is 4.67. The van der Waals surface area contributed by atoms with E-state index in [0.29, 0.717) is 19.0 Å². The maximum Gasteiger partial charge on any atom is 0.178 e. The highest BCUT2D eigenvalue weighted by Gasteiger charge is 2.08. The molecule has 4 heteroatoms. The normalized spacial score (nSPS) is 11.0. The van der Waals surface area contributed by atoms with Gasteiger partial charge in [0.05, 0.1) is 24.4 Å². The number of para-hydroxylation sites is 1. The highest BCUT2D eigenvalue weighted by molar-refractivity contribution is 5.79. The van der Waals surface area contributed by atoms with Gasteiger partial charge in [0.2, 0.25) is 0 Å². The molecule has 0 amide bonds. The van der Waals surface area contributed by atoms with Crippen molar-refractivity contribution in [3.63, 3.8) is 0 Å². The molecule has 0 aliphatic rings. The standard InChI is InChI=1S/C22H19N3O/c1-16-11-12-20(22-23-13-18-9-5-6-10-19(18)25-22)24-21(16)15-26-14-17-7-3-2-4-8-17/h2-13H,14-15H2,1H3. The third kappa shape index (κ3) is 3.60. The van der Waals surface area contributed by atoms with Gasteiger partial charge in [0.1, 0.15) is 5.69 Å². The van der Waals surface area contributed by atoms with Gasteiger partial charge in [0.15, 0.2) is 5.82 Å². The van der Waals surface area contributed by atoms with Crippen LogP contribution in [0.5, 0.6) is 0 Å². The van der Waals surface area contributed by atoms with Gasteiger partial charge in [-0.2, -0.15) is 0 Å². The van der Waals surface area contributed by atoms with Crippen molar-refractivity contribution in [3.8, 4) is 11.5 Å². The van der Waals surface area contributed by atoms with Crippen molar-refractivity contribution in [2.24, 2.45) is 0 Å². The second kappa shape index (κ2) is 7.42. The number of ether oxygens (including phenoxy) is 1. The highest BCUT2D eigenvalue weighted by atomic mass is 16.5. The maximum absolute atomic E-state index is 5.84. The number of pyridine rings is 1. The molecular formula is C22H19N3O. The van der Waals surface area contributed by atoms with Gasteiger partial charge in [0.25, 0.3) is 0 Å². The van der Waals surface area contributed by atoms with Crippen LogP contribution in [0.2, 0.25) is 0 Å². The predicted molar refractivity (Wildman–Crippen MR) is 102 cm³/mol. The Morgan fingerprint density at radius 1 is 0.808 bits per heavy atom. The van der Waals surface area contributed by atoms with Crippen LogP contribution in [0.1, 0.15) is 16.8 Å². The number of hydrogen-bond donors (Lipinski definition) is 0. The van der Waals surface area contributed by atoms with Crippen molar-refractivity contribution < 1.29 is 4.74 Å². The van der Waals surface area contributed by atoms with Crippen molar-refractivity contribution in [1.29, 1.82) is 0 Å². The molecule has 4 aromatic rings. The lowest BCUT2D eigenvalue weighted by Gasteiger charge is -2.09. The minimum Gasteiger partial charge on any atom is -0.370 e. The molecule has 2 aromatic carbocycles. The van der Waals surface area contributed by atoms with Crippen LogP contribution in [0.4, 0.5) is 0 Å². The van der Waals surface area contributed by atoms with Gasteiger partial charge in [-0.3, -0.25) is 0 Å². The van der Waals surface area contributed by atoms with Crippen LogP contribution in [-0.4, -0.2) is 15.0 Å². The molecule has 0 fully saturated rings. The van der Waals surface area contributed by atoms with Gasteiger partial charge in [-0.05, 0) is 30.2 Å². The molecule has 4 nitrogen and oxygen atoms in total. The molecule has 0 bridgehead atoms. The number of aryl methyl sites for hydroxylation is 1. The Balaban J connectivity index is 1.55. The Hall–Kier alpha value is -3.11. The first-order chi connectivity index (χ1) is 12.8. The monoisotopic (exact) mass is 341 g/mol. The maximum atomic E-state index is 5.84. The van der Waals surface area contributed by atoms with Crippen molar-refractivity contribution in [1.82, 2.24) is 15.0 Å². The number of hydrogen-bond acceptors (Lipinski definition) is 4. The summed E-state index contributed by atoms with van der Waals surface area (Å²) in [4.78, 5) is 13.8. The van der Waals surface area contributed by atoms with Crippen LogP contribution >= 0.6 is 0 Å². The number of benzene rings is 2. The van der Waals surface area contributed by atoms with E-state index in [2.05, 4.69) is 22.1 Å². The lowest BCUT2D eigenvalue weighted by molar-refractivity contribution is 0.104. The molecule has 0 aliphatic heterocycles. The summed E-state index contributed by atoms with van der Waals surface area (Å²) >= 11 is 0. The Labute approximate surface area is 152 Å². The fourth-order valence-electron chi connectivity index (χ4n) is 2.78. The van der Waals surface area contributed by atoms with E-state index in [1.165, 1.54) is 0 Å². The van der Waals surface area contributed by atoms with Crippen LogP contribution < -0.4 is 0 Å². The summed E-state index contributed by atoms with van der Waals surface area (Å²) in [7, 11) is 0. The van der Waals surface area contributed by atoms with Gasteiger partial charge >= 0.3 is 0 Å². The lowest BCUT2D eigenvalue weighted by atomic mass is 10.2. The number of rotatable bonds is 5. The average Bonchev–Trinajstić information content (AvgIpc) is 2.70. The van der Waals surface area contributed by atoms with E-state index in [-0.39, 0.29) is 0 Å². The van der Waals surface area contributed by atoms with E-state index in [1.807, 2.05) is 67.7 Å². The summed E-state index contributed by atoms with van der Waals surface area (Å²) < 4.78 is 5.84. The Morgan fingerprint density at radius 2 is 1.62 bits per heavy atom. The predicted octanol–water partition coefficient (Wildman–Crippen LogP) is 4.72. The molecule has 0 N–H and O–H groups in total. The molecule has 0 aliphatic carbocycles. The molecule has 2 aromatic heterocycles. The number of fused-ring (bicyclic) bond motifs is 1. The van der Waals surface area contributed by atoms with E-state index in [1.54, 1.807) is 0 Å². The quantitative estimate of drug-likeness (QED) is 0.527. The first-order valence-electron chi connectivity index (χ1n) is 8.60. The zero-order valence-corrected chi connectivity index (χ0v) is 14.6. The van der Waals surface area contributed by atoms with Crippen molar-refractivity contribution in [2.75, 3.05) is 0 Å². The first-order valence-corrected chi connectivity index (χ1v) is 8.60. The fraction of sp³-hybridized carbons (Fsp3) is 0.136. The molecule has 0 atom stereocenters. The van der Waals surface area contributed by atoms with Crippen molar-refractivity contribution >= 4 is 10.9 Å². The van der Waals surface area contributed by atoms with Crippen LogP contribution in [0, 0.1) is 6.92 Å². The largest absolute Gasteiger partial charge is 0.370 e. The molecule has 2 heterocycles. The van der Waals surface area contributed by atoms with Gasteiger partial charge < -0.3 is 4.74 Å². The van der Waals surface area contributed by atoms with E-state index < -0.39 is 0 Å². The topological polar surface area (TPSA) is 47.9 Å². The first kappa shape index (κ1) is 16.4. The summed E-state index contributed by atoms with van der Waals surface area (Å²) in [5, 5.41) is 1.02. The fourth-order valence-corrected chi connectivity index (χ4v) is 2.78. The second-order valence-electron chi connectivity index (χ2n) is 6.19. The molecule has 4 rings (SSSR count). The summed E-state index contributed by atoms with van der Waals surface area (Å²) in [6.07, 6.45) is 1.84. The molecule has 0 unspecified atom stereocenters.